The highest BCUT2D eigenvalue weighted by Crippen LogP contribution is 2.34. The Morgan fingerprint density at radius 3 is 2.66 bits per heavy atom. The van der Waals surface area contributed by atoms with Crippen LogP contribution >= 0.6 is 23.8 Å². The number of anilines is 1. The molecule has 0 amide bonds. The Labute approximate surface area is 216 Å². The maximum Gasteiger partial charge on any atom is 0.176 e. The Kier molecular flexibility index (Phi) is 8.73. The summed E-state index contributed by atoms with van der Waals surface area (Å²) in [7, 11) is 3.28. The zero-order chi connectivity index (χ0) is 24.8. The average Bonchev–Trinajstić information content (AvgIpc) is 3.32. The largest absolute Gasteiger partial charge is 0.495 e. The molecule has 0 bridgehead atoms. The van der Waals surface area contributed by atoms with Gasteiger partial charge in [-0.2, -0.15) is 0 Å². The topological polar surface area (TPSA) is 59.3 Å². The van der Waals surface area contributed by atoms with Crippen LogP contribution in [0.15, 0.2) is 46.9 Å². The van der Waals surface area contributed by atoms with Crippen LogP contribution in [0.25, 0.3) is 11.0 Å². The van der Waals surface area contributed by atoms with Gasteiger partial charge in [0.2, 0.25) is 0 Å². The van der Waals surface area contributed by atoms with Crippen molar-refractivity contribution in [2.24, 2.45) is 0 Å². The van der Waals surface area contributed by atoms with Gasteiger partial charge in [0.25, 0.3) is 0 Å². The quantitative estimate of drug-likeness (QED) is 0.369. The number of ether oxygens (including phenoxy) is 3. The number of benzene rings is 2. The van der Waals surface area contributed by atoms with Gasteiger partial charge in [-0.1, -0.05) is 23.7 Å². The molecule has 7 nitrogen and oxygen atoms in total. The van der Waals surface area contributed by atoms with Crippen molar-refractivity contribution in [1.82, 2.24) is 9.80 Å². The van der Waals surface area contributed by atoms with Crippen LogP contribution in [0.2, 0.25) is 5.02 Å². The molecule has 0 saturated carbocycles. The molecule has 0 radical (unpaired) electrons. The van der Waals surface area contributed by atoms with E-state index < -0.39 is 0 Å². The smallest absolute Gasteiger partial charge is 0.176 e. The maximum atomic E-state index is 6.27. The van der Waals surface area contributed by atoms with Gasteiger partial charge in [-0.3, -0.25) is 4.90 Å². The van der Waals surface area contributed by atoms with Gasteiger partial charge in [0.05, 0.1) is 39.2 Å². The van der Waals surface area contributed by atoms with E-state index in [1.54, 1.807) is 20.3 Å². The van der Waals surface area contributed by atoms with Crippen molar-refractivity contribution < 1.29 is 18.6 Å². The predicted octanol–water partition coefficient (Wildman–Crippen LogP) is 5.59. The highest BCUT2D eigenvalue weighted by molar-refractivity contribution is 7.80. The Morgan fingerprint density at radius 1 is 1.14 bits per heavy atom. The van der Waals surface area contributed by atoms with E-state index in [0.29, 0.717) is 21.6 Å². The van der Waals surface area contributed by atoms with Crippen LogP contribution in [0.1, 0.15) is 25.1 Å². The molecule has 9 heteroatoms. The number of hydrogen-bond donors (Lipinski definition) is 1. The van der Waals surface area contributed by atoms with E-state index in [4.69, 9.17) is 42.4 Å². The lowest BCUT2D eigenvalue weighted by molar-refractivity contribution is 0.0365. The summed E-state index contributed by atoms with van der Waals surface area (Å²) in [5, 5.41) is 5.52. The molecule has 2 heterocycles. The minimum atomic E-state index is -0.109. The summed E-state index contributed by atoms with van der Waals surface area (Å²) in [5.41, 5.74) is 1.46. The Hall–Kier alpha value is -2.52. The lowest BCUT2D eigenvalue weighted by Gasteiger charge is -2.32. The van der Waals surface area contributed by atoms with Gasteiger partial charge in [0, 0.05) is 36.6 Å². The van der Waals surface area contributed by atoms with Gasteiger partial charge in [0.1, 0.15) is 11.5 Å². The predicted molar refractivity (Wildman–Crippen MR) is 144 cm³/mol. The fraction of sp³-hybridized carbons (Fsp3) is 0.423. The number of morpholine rings is 1. The summed E-state index contributed by atoms with van der Waals surface area (Å²) in [4.78, 5) is 4.58. The van der Waals surface area contributed by atoms with Crippen LogP contribution in [0.4, 0.5) is 5.69 Å². The fourth-order valence-electron chi connectivity index (χ4n) is 4.30. The van der Waals surface area contributed by atoms with Gasteiger partial charge in [0.15, 0.2) is 16.4 Å². The van der Waals surface area contributed by atoms with Crippen LogP contribution < -0.4 is 14.8 Å². The van der Waals surface area contributed by atoms with Crippen molar-refractivity contribution in [3.05, 3.63) is 53.2 Å². The number of halogens is 1. The molecule has 35 heavy (non-hydrogen) atoms. The van der Waals surface area contributed by atoms with Gasteiger partial charge in [-0.15, -0.1) is 0 Å². The third-order valence-electron chi connectivity index (χ3n) is 6.27. The summed E-state index contributed by atoms with van der Waals surface area (Å²) in [6.45, 7) is 7.32. The molecule has 1 aromatic heterocycles. The first-order valence-corrected chi connectivity index (χ1v) is 12.6. The van der Waals surface area contributed by atoms with E-state index >= 15 is 0 Å². The van der Waals surface area contributed by atoms with Crippen molar-refractivity contribution >= 4 is 45.6 Å². The number of thiocarbonyl (C=S) groups is 1. The first kappa shape index (κ1) is 25.6. The van der Waals surface area contributed by atoms with Crippen LogP contribution in [0.5, 0.6) is 11.5 Å². The third-order valence-corrected chi connectivity index (χ3v) is 6.84. The standard InChI is InChI=1S/C26H32ClN3O4S/c1-18(24-16-19-6-4-7-23(32-3)25(19)34-24)30(11-5-10-29-12-14-33-15-13-29)26(35)28-21-17-20(27)8-9-22(21)31-2/h4,6-9,16-18H,5,10-15H2,1-3H3,(H,28,35). The minimum Gasteiger partial charge on any atom is -0.495 e. The summed E-state index contributed by atoms with van der Waals surface area (Å²) < 4.78 is 22.7. The van der Waals surface area contributed by atoms with E-state index in [2.05, 4.69) is 28.1 Å². The molecule has 0 aliphatic carbocycles. The number of methoxy groups -OCH3 is 2. The number of fused-ring (bicyclic) bond motifs is 1. The average molecular weight is 518 g/mol. The molecule has 1 atom stereocenters. The normalized spacial score (nSPS) is 15.1. The molecule has 4 rings (SSSR count). The molecule has 1 N–H and O–H groups in total. The summed E-state index contributed by atoms with van der Waals surface area (Å²) in [6.07, 6.45) is 0.947. The van der Waals surface area contributed by atoms with Crippen molar-refractivity contribution in [3.8, 4) is 11.5 Å². The molecule has 3 aromatic rings. The van der Waals surface area contributed by atoms with E-state index in [0.717, 1.165) is 68.2 Å². The zero-order valence-corrected chi connectivity index (χ0v) is 22.0. The molecule has 1 aliphatic rings. The Morgan fingerprint density at radius 2 is 1.91 bits per heavy atom. The molecule has 1 fully saturated rings. The number of nitrogens with zero attached hydrogens (tertiary/aromatic N) is 2. The van der Waals surface area contributed by atoms with E-state index in [-0.39, 0.29) is 6.04 Å². The van der Waals surface area contributed by atoms with Gasteiger partial charge < -0.3 is 28.8 Å². The van der Waals surface area contributed by atoms with Crippen molar-refractivity contribution in [3.63, 3.8) is 0 Å². The van der Waals surface area contributed by atoms with E-state index in [9.17, 15) is 0 Å². The molecule has 188 valence electrons. The summed E-state index contributed by atoms with van der Waals surface area (Å²) in [5.74, 6) is 2.20. The Balaban J connectivity index is 1.56. The molecular weight excluding hydrogens is 486 g/mol. The van der Waals surface area contributed by atoms with Crippen molar-refractivity contribution in [1.29, 1.82) is 0 Å². The summed E-state index contributed by atoms with van der Waals surface area (Å²) in [6, 6.07) is 13.3. The second-order valence-electron chi connectivity index (χ2n) is 8.48. The second-order valence-corrected chi connectivity index (χ2v) is 9.30. The van der Waals surface area contributed by atoms with E-state index in [1.807, 2.05) is 30.3 Å². The molecule has 2 aromatic carbocycles. The lowest BCUT2D eigenvalue weighted by atomic mass is 10.2. The van der Waals surface area contributed by atoms with Gasteiger partial charge >= 0.3 is 0 Å². The SMILES string of the molecule is COc1ccc(Cl)cc1NC(=S)N(CCCN1CCOCC1)C(C)c1cc2cccc(OC)c2o1. The minimum absolute atomic E-state index is 0.109. The summed E-state index contributed by atoms with van der Waals surface area (Å²) >= 11 is 12.1. The highest BCUT2D eigenvalue weighted by Gasteiger charge is 2.24. The number of nitrogens with one attached hydrogen (secondary N) is 1. The molecule has 0 spiro atoms. The fourth-order valence-corrected chi connectivity index (χ4v) is 4.83. The molecule has 1 saturated heterocycles. The first-order chi connectivity index (χ1) is 17.0. The van der Waals surface area contributed by atoms with Crippen LogP contribution in [0.3, 0.4) is 0 Å². The van der Waals surface area contributed by atoms with Crippen molar-refractivity contribution in [2.75, 3.05) is 58.9 Å². The van der Waals surface area contributed by atoms with Crippen LogP contribution in [-0.4, -0.2) is 68.5 Å². The first-order valence-electron chi connectivity index (χ1n) is 11.8. The van der Waals surface area contributed by atoms with E-state index in [1.165, 1.54) is 0 Å². The number of furan rings is 1. The zero-order valence-electron chi connectivity index (χ0n) is 20.4. The van der Waals surface area contributed by atoms with Crippen LogP contribution in [0, 0.1) is 0 Å². The molecule has 1 aliphatic heterocycles. The second kappa shape index (κ2) is 11.9. The monoisotopic (exact) mass is 517 g/mol. The Bertz CT molecular complexity index is 1150. The van der Waals surface area contributed by atoms with Gasteiger partial charge in [-0.25, -0.2) is 0 Å². The van der Waals surface area contributed by atoms with Crippen molar-refractivity contribution in [2.45, 2.75) is 19.4 Å². The number of hydrogen-bond acceptors (Lipinski definition) is 6. The lowest BCUT2D eigenvalue weighted by Crippen LogP contribution is -2.41. The van der Waals surface area contributed by atoms with Crippen LogP contribution in [-0.2, 0) is 4.74 Å². The molecule has 1 unspecified atom stereocenters. The number of para-hydroxylation sites is 1. The number of rotatable bonds is 9. The highest BCUT2D eigenvalue weighted by atomic mass is 35.5. The maximum absolute atomic E-state index is 6.27. The third kappa shape index (κ3) is 6.19. The van der Waals surface area contributed by atoms with Gasteiger partial charge in [-0.05, 0) is 55.9 Å². The molecular formula is C26H32ClN3O4S.